The predicted molar refractivity (Wildman–Crippen MR) is 115 cm³/mol. The van der Waals surface area contributed by atoms with Gasteiger partial charge in [0, 0.05) is 10.9 Å². The molecule has 4 aromatic carbocycles. The molecule has 0 bridgehead atoms. The lowest BCUT2D eigenvalue weighted by Gasteiger charge is -2.07. The minimum atomic E-state index is 0.328. The molecule has 0 aliphatic carbocycles. The molecule has 0 atom stereocenters. The normalized spacial score (nSPS) is 11.8. The standard InChI is InChI=1S/C24H13ClN2O/c25-23-22-21(18-7-3-4-8-20(18)28-22)26-24(27-23)16-12-11-15-10-9-14-5-1-2-6-17(14)19(15)13-16/h1-13H. The number of para-hydroxylation sites is 1. The Morgan fingerprint density at radius 1 is 0.679 bits per heavy atom. The van der Waals surface area contributed by atoms with E-state index in [4.69, 9.17) is 21.0 Å². The van der Waals surface area contributed by atoms with Crippen LogP contribution in [0.5, 0.6) is 0 Å². The molecule has 0 aliphatic rings. The fourth-order valence-corrected chi connectivity index (χ4v) is 4.04. The van der Waals surface area contributed by atoms with Gasteiger partial charge in [0.2, 0.25) is 0 Å². The Morgan fingerprint density at radius 3 is 2.29 bits per heavy atom. The second-order valence-corrected chi connectivity index (χ2v) is 7.19. The highest BCUT2D eigenvalue weighted by Crippen LogP contribution is 2.34. The van der Waals surface area contributed by atoms with Gasteiger partial charge in [-0.25, -0.2) is 9.97 Å². The molecule has 0 spiro atoms. The molecule has 2 aromatic heterocycles. The number of hydrogen-bond donors (Lipinski definition) is 0. The zero-order valence-electron chi connectivity index (χ0n) is 14.7. The molecule has 28 heavy (non-hydrogen) atoms. The minimum absolute atomic E-state index is 0.328. The molecule has 0 N–H and O–H groups in total. The first kappa shape index (κ1) is 15.6. The lowest BCUT2D eigenvalue weighted by Crippen LogP contribution is -1.91. The predicted octanol–water partition coefficient (Wildman–Crippen LogP) is 7.00. The Morgan fingerprint density at radius 2 is 1.39 bits per heavy atom. The van der Waals surface area contributed by atoms with E-state index in [0.717, 1.165) is 22.0 Å². The van der Waals surface area contributed by atoms with Gasteiger partial charge in [-0.05, 0) is 39.7 Å². The molecule has 0 radical (unpaired) electrons. The van der Waals surface area contributed by atoms with E-state index in [-0.39, 0.29) is 0 Å². The number of aromatic nitrogens is 2. The lowest BCUT2D eigenvalue weighted by molar-refractivity contribution is 0.666. The molecule has 6 rings (SSSR count). The van der Waals surface area contributed by atoms with Gasteiger partial charge in [0.25, 0.3) is 0 Å². The SMILES string of the molecule is Clc1nc(-c2ccc3ccc4ccccc4c3c2)nc2c1oc1ccccc12. The largest absolute Gasteiger partial charge is 0.451 e. The minimum Gasteiger partial charge on any atom is -0.451 e. The molecule has 6 aromatic rings. The molecule has 0 saturated heterocycles. The van der Waals surface area contributed by atoms with Gasteiger partial charge in [-0.15, -0.1) is 0 Å². The summed E-state index contributed by atoms with van der Waals surface area (Å²) >= 11 is 6.45. The van der Waals surface area contributed by atoms with Gasteiger partial charge in [-0.1, -0.05) is 72.3 Å². The molecule has 2 heterocycles. The van der Waals surface area contributed by atoms with Crippen LogP contribution in [-0.2, 0) is 0 Å². The van der Waals surface area contributed by atoms with Crippen molar-refractivity contribution in [2.75, 3.05) is 0 Å². The zero-order chi connectivity index (χ0) is 18.7. The smallest absolute Gasteiger partial charge is 0.191 e. The third-order valence-electron chi connectivity index (χ3n) is 5.18. The van der Waals surface area contributed by atoms with Gasteiger partial charge in [-0.2, -0.15) is 0 Å². The van der Waals surface area contributed by atoms with Crippen LogP contribution in [0.15, 0.2) is 83.3 Å². The van der Waals surface area contributed by atoms with E-state index in [2.05, 4.69) is 53.5 Å². The van der Waals surface area contributed by atoms with Gasteiger partial charge in [0.1, 0.15) is 11.1 Å². The maximum atomic E-state index is 6.45. The first-order chi connectivity index (χ1) is 13.8. The highest BCUT2D eigenvalue weighted by Gasteiger charge is 2.15. The third-order valence-corrected chi connectivity index (χ3v) is 5.44. The van der Waals surface area contributed by atoms with Crippen LogP contribution in [0.3, 0.4) is 0 Å². The third kappa shape index (κ3) is 2.23. The van der Waals surface area contributed by atoms with Gasteiger partial charge >= 0.3 is 0 Å². The number of nitrogens with zero attached hydrogens (tertiary/aromatic N) is 2. The van der Waals surface area contributed by atoms with Crippen LogP contribution < -0.4 is 0 Å². The van der Waals surface area contributed by atoms with Crippen molar-refractivity contribution in [3.05, 3.63) is 84.0 Å². The fourth-order valence-electron chi connectivity index (χ4n) is 3.83. The Hall–Kier alpha value is -3.43. The van der Waals surface area contributed by atoms with Crippen LogP contribution in [0, 0.1) is 0 Å². The van der Waals surface area contributed by atoms with E-state index in [1.54, 1.807) is 0 Å². The van der Waals surface area contributed by atoms with Crippen molar-refractivity contribution in [3.8, 4) is 11.4 Å². The van der Waals surface area contributed by atoms with E-state index >= 15 is 0 Å². The lowest BCUT2D eigenvalue weighted by atomic mass is 10.00. The average Bonchev–Trinajstić information content (AvgIpc) is 3.13. The van der Waals surface area contributed by atoms with Crippen LogP contribution in [0.1, 0.15) is 0 Å². The number of benzene rings is 4. The number of rotatable bonds is 1. The van der Waals surface area contributed by atoms with Crippen molar-refractivity contribution in [1.82, 2.24) is 9.97 Å². The summed E-state index contributed by atoms with van der Waals surface area (Å²) in [5.41, 5.74) is 2.95. The molecular weight excluding hydrogens is 368 g/mol. The first-order valence-electron chi connectivity index (χ1n) is 9.05. The molecule has 0 fully saturated rings. The summed E-state index contributed by atoms with van der Waals surface area (Å²) in [6, 6.07) is 26.7. The summed E-state index contributed by atoms with van der Waals surface area (Å²) in [5.74, 6) is 0.596. The molecule has 132 valence electrons. The number of fused-ring (bicyclic) bond motifs is 6. The second kappa shape index (κ2) is 5.78. The van der Waals surface area contributed by atoms with Crippen LogP contribution in [0.2, 0.25) is 5.15 Å². The summed E-state index contributed by atoms with van der Waals surface area (Å²) in [6.45, 7) is 0. The van der Waals surface area contributed by atoms with Gasteiger partial charge in [0.15, 0.2) is 16.6 Å². The molecule has 0 saturated carbocycles. The van der Waals surface area contributed by atoms with E-state index in [1.165, 1.54) is 21.5 Å². The summed E-state index contributed by atoms with van der Waals surface area (Å²) in [5, 5.41) is 6.05. The van der Waals surface area contributed by atoms with Gasteiger partial charge in [-0.3, -0.25) is 0 Å². The highest BCUT2D eigenvalue weighted by atomic mass is 35.5. The molecule has 0 unspecified atom stereocenters. The van der Waals surface area contributed by atoms with Gasteiger partial charge < -0.3 is 4.42 Å². The highest BCUT2D eigenvalue weighted by molar-refractivity contribution is 6.34. The molecule has 0 aliphatic heterocycles. The van der Waals surface area contributed by atoms with Crippen molar-refractivity contribution >= 4 is 55.2 Å². The van der Waals surface area contributed by atoms with Crippen LogP contribution in [0.4, 0.5) is 0 Å². The van der Waals surface area contributed by atoms with Crippen molar-refractivity contribution in [2.24, 2.45) is 0 Å². The van der Waals surface area contributed by atoms with Crippen LogP contribution in [0.25, 0.3) is 55.0 Å². The fraction of sp³-hybridized carbons (Fsp3) is 0. The van der Waals surface area contributed by atoms with E-state index in [9.17, 15) is 0 Å². The van der Waals surface area contributed by atoms with Gasteiger partial charge in [0.05, 0.1) is 0 Å². The Balaban J connectivity index is 1.65. The van der Waals surface area contributed by atoms with E-state index in [0.29, 0.717) is 16.6 Å². The Labute approximate surface area is 165 Å². The molecule has 0 amide bonds. The first-order valence-corrected chi connectivity index (χ1v) is 9.42. The molecule has 4 heteroatoms. The number of halogens is 1. The maximum Gasteiger partial charge on any atom is 0.191 e. The number of furan rings is 1. The van der Waals surface area contributed by atoms with Crippen molar-refractivity contribution in [3.63, 3.8) is 0 Å². The van der Waals surface area contributed by atoms with Crippen molar-refractivity contribution in [2.45, 2.75) is 0 Å². The van der Waals surface area contributed by atoms with E-state index in [1.807, 2.05) is 30.3 Å². The quantitative estimate of drug-likeness (QED) is 0.227. The van der Waals surface area contributed by atoms with E-state index < -0.39 is 0 Å². The monoisotopic (exact) mass is 380 g/mol. The molecular formula is C24H13ClN2O. The number of hydrogen-bond acceptors (Lipinski definition) is 3. The summed E-state index contributed by atoms with van der Waals surface area (Å²) in [4.78, 5) is 9.31. The van der Waals surface area contributed by atoms with Crippen molar-refractivity contribution < 1.29 is 4.42 Å². The maximum absolute atomic E-state index is 6.45. The average molecular weight is 381 g/mol. The Bertz CT molecular complexity index is 1530. The van der Waals surface area contributed by atoms with Crippen LogP contribution >= 0.6 is 11.6 Å². The van der Waals surface area contributed by atoms with Crippen LogP contribution in [-0.4, -0.2) is 9.97 Å². The Kier molecular flexibility index (Phi) is 3.22. The second-order valence-electron chi connectivity index (χ2n) is 6.84. The summed E-state index contributed by atoms with van der Waals surface area (Å²) in [7, 11) is 0. The molecule has 3 nitrogen and oxygen atoms in total. The van der Waals surface area contributed by atoms with Crippen molar-refractivity contribution in [1.29, 1.82) is 0 Å². The zero-order valence-corrected chi connectivity index (χ0v) is 15.4. The summed E-state index contributed by atoms with van der Waals surface area (Å²) in [6.07, 6.45) is 0. The topological polar surface area (TPSA) is 38.9 Å². The summed E-state index contributed by atoms with van der Waals surface area (Å²) < 4.78 is 5.85.